The second-order valence-electron chi connectivity index (χ2n) is 5.27. The van der Waals surface area contributed by atoms with Crippen LogP contribution in [-0.2, 0) is 16.0 Å². The molecule has 1 unspecified atom stereocenters. The van der Waals surface area contributed by atoms with Crippen molar-refractivity contribution in [3.05, 3.63) is 29.2 Å². The highest BCUT2D eigenvalue weighted by atomic mass is 19.1. The van der Waals surface area contributed by atoms with Gasteiger partial charge in [0.05, 0.1) is 11.2 Å². The van der Waals surface area contributed by atoms with Gasteiger partial charge in [0.1, 0.15) is 11.9 Å². The van der Waals surface area contributed by atoms with Crippen molar-refractivity contribution >= 4 is 22.7 Å². The van der Waals surface area contributed by atoms with Crippen LogP contribution in [0.1, 0.15) is 37.1 Å². The molecule has 0 bridgehead atoms. The van der Waals surface area contributed by atoms with Gasteiger partial charge in [-0.25, -0.2) is 4.39 Å². The molecular formula is C15H16FN3O2. The van der Waals surface area contributed by atoms with E-state index in [4.69, 9.17) is 0 Å². The quantitative estimate of drug-likeness (QED) is 0.860. The molecule has 21 heavy (non-hydrogen) atoms. The summed E-state index contributed by atoms with van der Waals surface area (Å²) >= 11 is 0. The first-order valence-electron chi connectivity index (χ1n) is 7.02. The van der Waals surface area contributed by atoms with Crippen LogP contribution >= 0.6 is 0 Å². The Morgan fingerprint density at radius 3 is 2.86 bits per heavy atom. The Morgan fingerprint density at radius 1 is 1.43 bits per heavy atom. The summed E-state index contributed by atoms with van der Waals surface area (Å²) in [7, 11) is 0. The maximum atomic E-state index is 13.9. The third-order valence-corrected chi connectivity index (χ3v) is 3.96. The normalized spacial score (nSPS) is 19.1. The Labute approximate surface area is 121 Å². The molecule has 1 fully saturated rings. The minimum Gasteiger partial charge on any atom is -0.295 e. The number of nitrogens with zero attached hydrogens (tertiary/aromatic N) is 2. The van der Waals surface area contributed by atoms with E-state index in [1.807, 2.05) is 13.8 Å². The van der Waals surface area contributed by atoms with E-state index in [2.05, 4.69) is 10.4 Å². The number of benzene rings is 1. The van der Waals surface area contributed by atoms with Gasteiger partial charge >= 0.3 is 0 Å². The van der Waals surface area contributed by atoms with Crippen molar-refractivity contribution in [3.8, 4) is 0 Å². The van der Waals surface area contributed by atoms with Gasteiger partial charge in [-0.3, -0.25) is 19.6 Å². The Hall–Kier alpha value is -2.24. The summed E-state index contributed by atoms with van der Waals surface area (Å²) in [6.45, 7) is 3.70. The number of nitrogens with one attached hydrogen (secondary N) is 1. The summed E-state index contributed by atoms with van der Waals surface area (Å²) < 4.78 is 15.5. The van der Waals surface area contributed by atoms with Gasteiger partial charge in [0.15, 0.2) is 0 Å². The van der Waals surface area contributed by atoms with Gasteiger partial charge in [-0.1, -0.05) is 6.92 Å². The first-order valence-corrected chi connectivity index (χ1v) is 7.02. The molecule has 1 atom stereocenters. The summed E-state index contributed by atoms with van der Waals surface area (Å²) in [6.07, 6.45) is 1.27. The van der Waals surface area contributed by atoms with Crippen molar-refractivity contribution in [1.82, 2.24) is 15.1 Å². The number of carbonyl (C=O) groups is 2. The lowest BCUT2D eigenvalue weighted by Crippen LogP contribution is -2.42. The minimum absolute atomic E-state index is 0.254. The number of piperidine rings is 1. The number of fused-ring (bicyclic) bond motifs is 1. The molecule has 0 aliphatic carbocycles. The second kappa shape index (κ2) is 4.95. The predicted octanol–water partition coefficient (Wildman–Crippen LogP) is 2.02. The number of hydrogen-bond donors (Lipinski definition) is 1. The summed E-state index contributed by atoms with van der Waals surface area (Å²) in [6, 6.07) is 2.53. The van der Waals surface area contributed by atoms with Crippen molar-refractivity contribution in [2.45, 2.75) is 39.2 Å². The van der Waals surface area contributed by atoms with Crippen LogP contribution in [-0.4, -0.2) is 21.6 Å². The zero-order valence-electron chi connectivity index (χ0n) is 11.9. The number of amides is 2. The molecule has 5 nitrogen and oxygen atoms in total. The van der Waals surface area contributed by atoms with Crippen LogP contribution in [0.3, 0.4) is 0 Å². The number of carbonyl (C=O) groups excluding carboxylic acids is 2. The second-order valence-corrected chi connectivity index (χ2v) is 5.27. The Kier molecular flexibility index (Phi) is 3.23. The van der Waals surface area contributed by atoms with Crippen LogP contribution < -0.4 is 5.32 Å². The average Bonchev–Trinajstić information content (AvgIpc) is 2.76. The fraction of sp³-hybridized carbons (Fsp3) is 0.400. The Bertz CT molecular complexity index is 751. The van der Waals surface area contributed by atoms with Gasteiger partial charge in [-0.15, -0.1) is 0 Å². The molecule has 1 aliphatic heterocycles. The van der Waals surface area contributed by atoms with Gasteiger partial charge < -0.3 is 0 Å². The molecule has 1 N–H and O–H groups in total. The molecule has 2 aromatic rings. The van der Waals surface area contributed by atoms with Crippen LogP contribution in [0.2, 0.25) is 0 Å². The fourth-order valence-corrected chi connectivity index (χ4v) is 2.97. The van der Waals surface area contributed by atoms with E-state index in [0.29, 0.717) is 30.5 Å². The Morgan fingerprint density at radius 2 is 2.19 bits per heavy atom. The monoisotopic (exact) mass is 289 g/mol. The van der Waals surface area contributed by atoms with E-state index in [9.17, 15) is 14.0 Å². The zero-order valence-corrected chi connectivity index (χ0v) is 11.9. The fourth-order valence-electron chi connectivity index (χ4n) is 2.97. The van der Waals surface area contributed by atoms with E-state index in [1.54, 1.807) is 10.7 Å². The van der Waals surface area contributed by atoms with Crippen molar-refractivity contribution < 1.29 is 14.0 Å². The number of rotatable bonds is 2. The molecule has 1 saturated heterocycles. The highest BCUT2D eigenvalue weighted by Gasteiger charge is 2.30. The van der Waals surface area contributed by atoms with E-state index in [1.165, 1.54) is 6.07 Å². The first-order chi connectivity index (χ1) is 10.0. The number of hydrogen-bond acceptors (Lipinski definition) is 3. The van der Waals surface area contributed by atoms with Crippen LogP contribution in [0, 0.1) is 12.7 Å². The molecule has 0 saturated carbocycles. The molecule has 3 rings (SSSR count). The van der Waals surface area contributed by atoms with Crippen LogP contribution in [0.4, 0.5) is 4.39 Å². The van der Waals surface area contributed by atoms with Crippen molar-refractivity contribution in [2.24, 2.45) is 0 Å². The SMILES string of the molecule is CCc1c(F)ccc2c1c(C)nn2C1CCC(=O)NC1=O. The van der Waals surface area contributed by atoms with Crippen LogP contribution in [0.25, 0.3) is 10.9 Å². The van der Waals surface area contributed by atoms with E-state index in [0.717, 1.165) is 10.9 Å². The molecule has 0 spiro atoms. The minimum atomic E-state index is -0.519. The number of aromatic nitrogens is 2. The van der Waals surface area contributed by atoms with E-state index >= 15 is 0 Å². The number of imide groups is 1. The highest BCUT2D eigenvalue weighted by molar-refractivity contribution is 6.00. The Balaban J connectivity index is 2.17. The third kappa shape index (κ3) is 2.11. The van der Waals surface area contributed by atoms with Crippen molar-refractivity contribution in [3.63, 3.8) is 0 Å². The van der Waals surface area contributed by atoms with E-state index in [-0.39, 0.29) is 17.6 Å². The molecular weight excluding hydrogens is 273 g/mol. The van der Waals surface area contributed by atoms with E-state index < -0.39 is 6.04 Å². The largest absolute Gasteiger partial charge is 0.295 e. The highest BCUT2D eigenvalue weighted by Crippen LogP contribution is 2.29. The smallest absolute Gasteiger partial charge is 0.251 e. The topological polar surface area (TPSA) is 64.0 Å². The van der Waals surface area contributed by atoms with Gasteiger partial charge in [0.2, 0.25) is 5.91 Å². The lowest BCUT2D eigenvalue weighted by atomic mass is 10.0. The number of aryl methyl sites for hydroxylation is 2. The van der Waals surface area contributed by atoms with Crippen molar-refractivity contribution in [2.75, 3.05) is 0 Å². The first kappa shape index (κ1) is 13.7. The van der Waals surface area contributed by atoms with Gasteiger partial charge in [-0.2, -0.15) is 5.10 Å². The molecule has 0 radical (unpaired) electrons. The van der Waals surface area contributed by atoms with Gasteiger partial charge in [0.25, 0.3) is 5.91 Å². The molecule has 110 valence electrons. The van der Waals surface area contributed by atoms with Gasteiger partial charge in [0, 0.05) is 11.8 Å². The number of halogens is 1. The lowest BCUT2D eigenvalue weighted by molar-refractivity contribution is -0.135. The standard InChI is InChI=1S/C15H16FN3O2/c1-3-9-10(16)4-5-11-14(9)8(2)18-19(11)12-6-7-13(20)17-15(12)21/h4-5,12H,3,6-7H2,1-2H3,(H,17,20,21). The van der Waals surface area contributed by atoms with Gasteiger partial charge in [-0.05, 0) is 37.5 Å². The summed E-state index contributed by atoms with van der Waals surface area (Å²) in [5.41, 5.74) is 2.05. The zero-order chi connectivity index (χ0) is 15.1. The molecule has 2 heterocycles. The maximum absolute atomic E-state index is 13.9. The average molecular weight is 289 g/mol. The summed E-state index contributed by atoms with van der Waals surface area (Å²) in [4.78, 5) is 23.3. The molecule has 1 aromatic heterocycles. The van der Waals surface area contributed by atoms with Crippen molar-refractivity contribution in [1.29, 1.82) is 0 Å². The summed E-state index contributed by atoms with van der Waals surface area (Å²) in [5, 5.41) is 7.51. The summed E-state index contributed by atoms with van der Waals surface area (Å²) in [5.74, 6) is -0.862. The van der Waals surface area contributed by atoms with Crippen LogP contribution in [0.15, 0.2) is 12.1 Å². The lowest BCUT2D eigenvalue weighted by Gasteiger charge is -2.21. The molecule has 1 aromatic carbocycles. The van der Waals surface area contributed by atoms with Crippen LogP contribution in [0.5, 0.6) is 0 Å². The maximum Gasteiger partial charge on any atom is 0.251 e. The molecule has 6 heteroatoms. The molecule has 2 amide bonds. The third-order valence-electron chi connectivity index (χ3n) is 3.96. The predicted molar refractivity (Wildman–Crippen MR) is 75.2 cm³/mol. The molecule has 1 aliphatic rings.